The van der Waals surface area contributed by atoms with Gasteiger partial charge in [-0.1, -0.05) is 53.5 Å². The number of nitrogens with zero attached hydrogens (tertiary/aromatic N) is 2. The highest BCUT2D eigenvalue weighted by atomic mass is 35.5. The first-order valence-corrected chi connectivity index (χ1v) is 11.5. The molecule has 7 nitrogen and oxygen atoms in total. The van der Waals surface area contributed by atoms with Crippen molar-refractivity contribution in [3.8, 4) is 28.6 Å². The molecule has 0 saturated heterocycles. The first kappa shape index (κ1) is 23.9. The monoisotopic (exact) mass is 516 g/mol. The number of methoxy groups -OCH3 is 2. The molecule has 1 heterocycles. The van der Waals surface area contributed by atoms with Crippen LogP contribution in [-0.4, -0.2) is 29.1 Å². The Morgan fingerprint density at radius 3 is 2.41 bits per heavy atom. The predicted octanol–water partition coefficient (Wildman–Crippen LogP) is 6.25. The van der Waals surface area contributed by atoms with Gasteiger partial charge in [-0.25, -0.2) is 9.77 Å². The summed E-state index contributed by atoms with van der Waals surface area (Å²) in [6.07, 6.45) is 0. The number of benzene rings is 3. The molecule has 0 radical (unpaired) electrons. The lowest BCUT2D eigenvalue weighted by atomic mass is 10.2. The van der Waals surface area contributed by atoms with Crippen LogP contribution in [0.5, 0.6) is 17.2 Å². The molecule has 34 heavy (non-hydrogen) atoms. The summed E-state index contributed by atoms with van der Waals surface area (Å²) in [5.74, 6) is 2.34. The fraction of sp³-hybridized carbons (Fsp3) is 0.167. The van der Waals surface area contributed by atoms with Crippen molar-refractivity contribution in [1.82, 2.24) is 14.9 Å². The molecular formula is C24H22Cl2N4O3S. The molecule has 0 aliphatic heterocycles. The Morgan fingerprint density at radius 2 is 1.65 bits per heavy atom. The lowest BCUT2D eigenvalue weighted by molar-refractivity contribution is 0.284. The third-order valence-corrected chi connectivity index (χ3v) is 6.12. The van der Waals surface area contributed by atoms with Crippen molar-refractivity contribution < 1.29 is 14.2 Å². The Kier molecular flexibility index (Phi) is 7.62. The van der Waals surface area contributed by atoms with Crippen LogP contribution < -0.4 is 19.6 Å². The highest BCUT2D eigenvalue weighted by Gasteiger charge is 2.15. The number of hydrogen-bond donors (Lipinski definition) is 2. The molecule has 10 heteroatoms. The van der Waals surface area contributed by atoms with Crippen LogP contribution in [0.2, 0.25) is 10.0 Å². The van der Waals surface area contributed by atoms with Crippen molar-refractivity contribution in [3.63, 3.8) is 0 Å². The average molecular weight is 517 g/mol. The molecule has 0 spiro atoms. The molecule has 3 aromatic carbocycles. The number of nitrogens with one attached hydrogen (secondary N) is 2. The molecule has 4 aromatic rings. The van der Waals surface area contributed by atoms with Crippen molar-refractivity contribution >= 4 is 35.4 Å². The lowest BCUT2D eigenvalue weighted by Crippen LogP contribution is -2.16. The van der Waals surface area contributed by atoms with Crippen LogP contribution >= 0.6 is 35.4 Å². The summed E-state index contributed by atoms with van der Waals surface area (Å²) in [6.45, 7) is 0.645. The minimum absolute atomic E-state index is 0.288. The van der Waals surface area contributed by atoms with Gasteiger partial charge < -0.3 is 19.6 Å². The van der Waals surface area contributed by atoms with E-state index in [2.05, 4.69) is 15.6 Å². The fourth-order valence-electron chi connectivity index (χ4n) is 3.37. The lowest BCUT2D eigenvalue weighted by Gasteiger charge is -2.16. The maximum Gasteiger partial charge on any atom is 0.214 e. The Labute approximate surface area is 212 Å². The smallest absolute Gasteiger partial charge is 0.214 e. The van der Waals surface area contributed by atoms with Crippen molar-refractivity contribution in [2.24, 2.45) is 0 Å². The van der Waals surface area contributed by atoms with E-state index in [9.17, 15) is 0 Å². The molecule has 2 N–H and O–H groups in total. The van der Waals surface area contributed by atoms with Crippen molar-refractivity contribution in [2.45, 2.75) is 13.2 Å². The summed E-state index contributed by atoms with van der Waals surface area (Å²) in [4.78, 5) is 0. The summed E-state index contributed by atoms with van der Waals surface area (Å²) in [7, 11) is 3.19. The van der Waals surface area contributed by atoms with Gasteiger partial charge in [0.2, 0.25) is 4.77 Å². The van der Waals surface area contributed by atoms with E-state index in [-0.39, 0.29) is 6.61 Å². The quantitative estimate of drug-likeness (QED) is 0.256. The molecule has 0 fully saturated rings. The van der Waals surface area contributed by atoms with E-state index in [4.69, 9.17) is 49.6 Å². The number of rotatable bonds is 9. The molecule has 0 aliphatic rings. The third kappa shape index (κ3) is 5.14. The van der Waals surface area contributed by atoms with Gasteiger partial charge in [0.15, 0.2) is 17.3 Å². The van der Waals surface area contributed by atoms with E-state index in [0.29, 0.717) is 44.4 Å². The second-order valence-corrected chi connectivity index (χ2v) is 8.40. The molecule has 0 atom stereocenters. The van der Waals surface area contributed by atoms with Gasteiger partial charge in [0.1, 0.15) is 12.4 Å². The number of para-hydroxylation sites is 1. The van der Waals surface area contributed by atoms with Gasteiger partial charge in [-0.15, -0.1) is 0 Å². The van der Waals surface area contributed by atoms with Gasteiger partial charge in [-0.3, -0.25) is 0 Å². The highest BCUT2D eigenvalue weighted by Crippen LogP contribution is 2.35. The van der Waals surface area contributed by atoms with Gasteiger partial charge in [0.05, 0.1) is 26.3 Å². The zero-order chi connectivity index (χ0) is 24.1. The normalized spacial score (nSPS) is 10.7. The summed E-state index contributed by atoms with van der Waals surface area (Å²) in [5, 5.41) is 8.31. The predicted molar refractivity (Wildman–Crippen MR) is 136 cm³/mol. The van der Waals surface area contributed by atoms with Crippen LogP contribution in [0.25, 0.3) is 11.4 Å². The Morgan fingerprint density at radius 1 is 0.912 bits per heavy atom. The molecule has 1 aromatic heterocycles. The van der Waals surface area contributed by atoms with Crippen LogP contribution in [0.4, 0.5) is 0 Å². The summed E-state index contributed by atoms with van der Waals surface area (Å²) in [6, 6.07) is 18.6. The van der Waals surface area contributed by atoms with E-state index in [1.807, 2.05) is 54.6 Å². The minimum Gasteiger partial charge on any atom is -0.496 e. The van der Waals surface area contributed by atoms with Crippen LogP contribution in [0, 0.1) is 4.77 Å². The largest absolute Gasteiger partial charge is 0.496 e. The summed E-state index contributed by atoms with van der Waals surface area (Å²) < 4.78 is 19.0. The minimum atomic E-state index is 0.288. The number of ether oxygens (including phenoxy) is 3. The van der Waals surface area contributed by atoms with Gasteiger partial charge in [0, 0.05) is 21.7 Å². The fourth-order valence-corrected chi connectivity index (χ4v) is 3.98. The SMILES string of the molecule is COc1cc(CNn2c(-c3ccccc3OC)n[nH]c2=S)c(Cl)cc1OCc1ccccc1Cl. The Hall–Kier alpha value is -3.20. The maximum atomic E-state index is 6.58. The van der Waals surface area contributed by atoms with Crippen LogP contribution in [0.15, 0.2) is 60.7 Å². The molecule has 0 amide bonds. The second-order valence-electron chi connectivity index (χ2n) is 7.20. The second kappa shape index (κ2) is 10.8. The van der Waals surface area contributed by atoms with Gasteiger partial charge in [0.25, 0.3) is 0 Å². The van der Waals surface area contributed by atoms with Gasteiger partial charge in [-0.2, -0.15) is 5.10 Å². The molecule has 0 saturated carbocycles. The topological polar surface area (TPSA) is 73.3 Å². The van der Waals surface area contributed by atoms with Gasteiger partial charge in [-0.05, 0) is 42.0 Å². The molecule has 0 unspecified atom stereocenters. The molecule has 176 valence electrons. The highest BCUT2D eigenvalue weighted by molar-refractivity contribution is 7.71. The van der Waals surface area contributed by atoms with Crippen molar-refractivity contribution in [1.29, 1.82) is 0 Å². The van der Waals surface area contributed by atoms with Crippen molar-refractivity contribution in [3.05, 3.63) is 86.6 Å². The number of halogens is 2. The first-order chi connectivity index (χ1) is 16.5. The Balaban J connectivity index is 1.55. The number of aromatic nitrogens is 3. The van der Waals surface area contributed by atoms with E-state index in [1.165, 1.54) is 0 Å². The number of H-pyrrole nitrogens is 1. The van der Waals surface area contributed by atoms with E-state index < -0.39 is 0 Å². The Bertz CT molecular complexity index is 1360. The van der Waals surface area contributed by atoms with Crippen LogP contribution in [-0.2, 0) is 13.2 Å². The summed E-state index contributed by atoms with van der Waals surface area (Å²) >= 11 is 18.2. The van der Waals surface area contributed by atoms with Crippen LogP contribution in [0.3, 0.4) is 0 Å². The maximum absolute atomic E-state index is 6.58. The molecule has 0 aliphatic carbocycles. The van der Waals surface area contributed by atoms with E-state index in [0.717, 1.165) is 16.7 Å². The molecule has 4 rings (SSSR count). The first-order valence-electron chi connectivity index (χ1n) is 10.3. The molecular weight excluding hydrogens is 495 g/mol. The third-order valence-electron chi connectivity index (χ3n) is 5.12. The van der Waals surface area contributed by atoms with E-state index >= 15 is 0 Å². The summed E-state index contributed by atoms with van der Waals surface area (Å²) in [5.41, 5.74) is 5.71. The zero-order valence-electron chi connectivity index (χ0n) is 18.5. The van der Waals surface area contributed by atoms with Gasteiger partial charge >= 0.3 is 0 Å². The van der Waals surface area contributed by atoms with E-state index in [1.54, 1.807) is 25.0 Å². The number of hydrogen-bond acceptors (Lipinski definition) is 6. The number of aromatic amines is 1. The standard InChI is InChI=1S/C24H22Cl2N4O3S/c1-31-20-10-6-4-8-17(20)23-28-29-24(34)30(23)27-13-16-11-21(32-2)22(12-19(16)26)33-14-15-7-3-5-9-18(15)25/h3-12,27H,13-14H2,1-2H3,(H,29,34). The average Bonchev–Trinajstić information content (AvgIpc) is 3.22. The van der Waals surface area contributed by atoms with Crippen LogP contribution in [0.1, 0.15) is 11.1 Å². The molecule has 0 bridgehead atoms. The zero-order valence-corrected chi connectivity index (χ0v) is 20.8. The van der Waals surface area contributed by atoms with Crippen molar-refractivity contribution in [2.75, 3.05) is 19.6 Å².